The van der Waals surface area contributed by atoms with Crippen LogP contribution in [-0.2, 0) is 17.7 Å². The molecular weight excluding hydrogens is 326 g/mol. The second-order valence-corrected chi connectivity index (χ2v) is 7.08. The summed E-state index contributed by atoms with van der Waals surface area (Å²) < 4.78 is 11.3. The van der Waals surface area contributed by atoms with E-state index in [-0.39, 0.29) is 0 Å². The van der Waals surface area contributed by atoms with Crippen molar-refractivity contribution in [3.05, 3.63) is 64.7 Å². The zero-order valence-corrected chi connectivity index (χ0v) is 15.8. The monoisotopic (exact) mass is 355 g/mol. The van der Waals surface area contributed by atoms with Gasteiger partial charge in [0.05, 0.1) is 19.3 Å². The highest BCUT2D eigenvalue weighted by Crippen LogP contribution is 2.18. The molecule has 2 aromatic rings. The molecule has 1 aliphatic heterocycles. The topological polar surface area (TPSA) is 41.9 Å². The number of hydrogen-bond acceptors (Lipinski definition) is 4. The minimum atomic E-state index is -0.470. The molecule has 1 aliphatic rings. The summed E-state index contributed by atoms with van der Waals surface area (Å²) >= 11 is 0. The maximum atomic E-state index is 10.2. The first-order chi connectivity index (χ1) is 12.6. The average molecular weight is 355 g/mol. The Morgan fingerprint density at radius 3 is 2.65 bits per heavy atom. The molecule has 1 N–H and O–H groups in total. The van der Waals surface area contributed by atoms with Gasteiger partial charge in [0.15, 0.2) is 0 Å². The van der Waals surface area contributed by atoms with Crippen molar-refractivity contribution < 1.29 is 14.6 Å². The minimum Gasteiger partial charge on any atom is -0.491 e. The molecule has 140 valence electrons. The van der Waals surface area contributed by atoms with Crippen molar-refractivity contribution in [2.45, 2.75) is 32.9 Å². The molecule has 0 radical (unpaired) electrons. The number of aryl methyl sites for hydroxylation is 2. The highest BCUT2D eigenvalue weighted by molar-refractivity contribution is 5.33. The summed E-state index contributed by atoms with van der Waals surface area (Å²) in [5, 5.41) is 10.2. The van der Waals surface area contributed by atoms with Crippen LogP contribution in [-0.4, -0.2) is 49.0 Å². The van der Waals surface area contributed by atoms with Crippen LogP contribution in [0.1, 0.15) is 22.3 Å². The van der Waals surface area contributed by atoms with Gasteiger partial charge in [-0.3, -0.25) is 4.90 Å². The van der Waals surface area contributed by atoms with E-state index in [1.807, 2.05) is 12.1 Å². The smallest absolute Gasteiger partial charge is 0.119 e. The first kappa shape index (κ1) is 18.9. The fourth-order valence-electron chi connectivity index (χ4n) is 3.30. The van der Waals surface area contributed by atoms with Crippen molar-refractivity contribution in [1.82, 2.24) is 4.90 Å². The van der Waals surface area contributed by atoms with E-state index in [0.717, 1.165) is 25.3 Å². The fraction of sp³-hybridized carbons (Fsp3) is 0.455. The average Bonchev–Trinajstić information content (AvgIpc) is 2.64. The Balaban J connectivity index is 1.32. The third-order valence-electron chi connectivity index (χ3n) is 4.96. The molecule has 4 nitrogen and oxygen atoms in total. The van der Waals surface area contributed by atoms with Crippen molar-refractivity contribution in [2.24, 2.45) is 0 Å². The van der Waals surface area contributed by atoms with E-state index >= 15 is 0 Å². The Morgan fingerprint density at radius 1 is 1.04 bits per heavy atom. The lowest BCUT2D eigenvalue weighted by molar-refractivity contribution is 0.00588. The molecule has 0 unspecified atom stereocenters. The van der Waals surface area contributed by atoms with Crippen LogP contribution in [0.4, 0.5) is 0 Å². The summed E-state index contributed by atoms with van der Waals surface area (Å²) in [7, 11) is 0. The van der Waals surface area contributed by atoms with Gasteiger partial charge in [0, 0.05) is 19.6 Å². The normalized spacial score (nSPS) is 15.5. The summed E-state index contributed by atoms with van der Waals surface area (Å²) in [5.41, 5.74) is 5.28. The van der Waals surface area contributed by atoms with Gasteiger partial charge in [0.25, 0.3) is 0 Å². The molecule has 2 aromatic carbocycles. The van der Waals surface area contributed by atoms with Gasteiger partial charge < -0.3 is 14.6 Å². The highest BCUT2D eigenvalue weighted by Gasteiger charge is 2.18. The van der Waals surface area contributed by atoms with Gasteiger partial charge in [-0.25, -0.2) is 0 Å². The van der Waals surface area contributed by atoms with E-state index in [0.29, 0.717) is 26.4 Å². The fourth-order valence-corrected chi connectivity index (χ4v) is 3.30. The molecule has 4 heteroatoms. The molecule has 0 bridgehead atoms. The van der Waals surface area contributed by atoms with Crippen LogP contribution in [0.2, 0.25) is 0 Å². The SMILES string of the molecule is Cc1ccc(OCCOC[C@@H](O)CN2CCc3ccccc3C2)cc1C. The molecule has 3 rings (SSSR count). The van der Waals surface area contributed by atoms with E-state index in [9.17, 15) is 5.11 Å². The van der Waals surface area contributed by atoms with Crippen LogP contribution < -0.4 is 4.74 Å². The number of β-amino-alcohol motifs (C(OH)–C–C–N with tert-alkyl or cyclic N) is 1. The number of fused-ring (bicyclic) bond motifs is 1. The summed E-state index contributed by atoms with van der Waals surface area (Å²) in [5.74, 6) is 0.865. The van der Waals surface area contributed by atoms with Gasteiger partial charge in [-0.05, 0) is 54.7 Å². The molecule has 0 amide bonds. The number of rotatable bonds is 8. The Bertz CT molecular complexity index is 716. The number of benzene rings is 2. The summed E-state index contributed by atoms with van der Waals surface area (Å²) in [6.07, 6.45) is 0.579. The maximum Gasteiger partial charge on any atom is 0.119 e. The largest absolute Gasteiger partial charge is 0.491 e. The van der Waals surface area contributed by atoms with E-state index < -0.39 is 6.10 Å². The lowest BCUT2D eigenvalue weighted by atomic mass is 10.00. The quantitative estimate of drug-likeness (QED) is 0.739. The van der Waals surface area contributed by atoms with E-state index in [4.69, 9.17) is 9.47 Å². The predicted molar refractivity (Wildman–Crippen MR) is 104 cm³/mol. The number of ether oxygens (including phenoxy) is 2. The molecule has 1 heterocycles. The standard InChI is InChI=1S/C22H29NO3/c1-17-7-8-22(13-18(17)2)26-12-11-25-16-21(24)15-23-10-9-19-5-3-4-6-20(19)14-23/h3-8,13,21,24H,9-12,14-16H2,1-2H3/t21-/m0/s1. The van der Waals surface area contributed by atoms with Crippen LogP contribution in [0.5, 0.6) is 5.75 Å². The van der Waals surface area contributed by atoms with E-state index in [2.05, 4.69) is 49.1 Å². The van der Waals surface area contributed by atoms with Gasteiger partial charge in [0.2, 0.25) is 0 Å². The van der Waals surface area contributed by atoms with Crippen LogP contribution in [0.15, 0.2) is 42.5 Å². The molecule has 0 saturated heterocycles. The van der Waals surface area contributed by atoms with E-state index in [1.165, 1.54) is 22.3 Å². The summed E-state index contributed by atoms with van der Waals surface area (Å²) in [4.78, 5) is 2.29. The van der Waals surface area contributed by atoms with E-state index in [1.54, 1.807) is 0 Å². The summed E-state index contributed by atoms with van der Waals surface area (Å²) in [6.45, 7) is 8.02. The van der Waals surface area contributed by atoms with Crippen molar-refractivity contribution in [3.8, 4) is 5.75 Å². The van der Waals surface area contributed by atoms with Crippen molar-refractivity contribution in [3.63, 3.8) is 0 Å². The van der Waals surface area contributed by atoms with Gasteiger partial charge in [-0.15, -0.1) is 0 Å². The molecule has 0 saturated carbocycles. The second kappa shape index (κ2) is 9.17. The van der Waals surface area contributed by atoms with Gasteiger partial charge in [-0.2, -0.15) is 0 Å². The zero-order valence-electron chi connectivity index (χ0n) is 15.8. The molecule has 1 atom stereocenters. The minimum absolute atomic E-state index is 0.342. The molecule has 0 aliphatic carbocycles. The molecule has 0 aromatic heterocycles. The third-order valence-corrected chi connectivity index (χ3v) is 4.96. The van der Waals surface area contributed by atoms with Crippen molar-refractivity contribution in [2.75, 3.05) is 32.9 Å². The van der Waals surface area contributed by atoms with Crippen LogP contribution >= 0.6 is 0 Å². The first-order valence-corrected chi connectivity index (χ1v) is 9.37. The number of nitrogens with zero attached hydrogens (tertiary/aromatic N) is 1. The lowest BCUT2D eigenvalue weighted by Crippen LogP contribution is -2.38. The van der Waals surface area contributed by atoms with Gasteiger partial charge in [-0.1, -0.05) is 30.3 Å². The Hall–Kier alpha value is -1.88. The molecular formula is C22H29NO3. The van der Waals surface area contributed by atoms with Crippen molar-refractivity contribution in [1.29, 1.82) is 0 Å². The van der Waals surface area contributed by atoms with Crippen molar-refractivity contribution >= 4 is 0 Å². The first-order valence-electron chi connectivity index (χ1n) is 9.37. The molecule has 0 spiro atoms. The third kappa shape index (κ3) is 5.31. The molecule has 0 fully saturated rings. The van der Waals surface area contributed by atoms with Crippen LogP contribution in [0, 0.1) is 13.8 Å². The zero-order chi connectivity index (χ0) is 18.4. The highest BCUT2D eigenvalue weighted by atomic mass is 16.5. The number of aliphatic hydroxyl groups is 1. The molecule has 26 heavy (non-hydrogen) atoms. The van der Waals surface area contributed by atoms with Gasteiger partial charge >= 0.3 is 0 Å². The van der Waals surface area contributed by atoms with Crippen LogP contribution in [0.25, 0.3) is 0 Å². The number of aliphatic hydroxyl groups excluding tert-OH is 1. The van der Waals surface area contributed by atoms with Crippen LogP contribution in [0.3, 0.4) is 0 Å². The Kier molecular flexibility index (Phi) is 6.67. The van der Waals surface area contributed by atoms with Gasteiger partial charge in [0.1, 0.15) is 12.4 Å². The Morgan fingerprint density at radius 2 is 1.85 bits per heavy atom. The lowest BCUT2D eigenvalue weighted by Gasteiger charge is -2.30. The second-order valence-electron chi connectivity index (χ2n) is 7.08. The summed E-state index contributed by atoms with van der Waals surface area (Å²) in [6, 6.07) is 14.6. The maximum absolute atomic E-state index is 10.2. The Labute approximate surface area is 156 Å². The number of hydrogen-bond donors (Lipinski definition) is 1. The predicted octanol–water partition coefficient (Wildman–Crippen LogP) is 3.12.